The molecule has 1 rings (SSSR count). The summed E-state index contributed by atoms with van der Waals surface area (Å²) in [7, 11) is -3.03. The van der Waals surface area contributed by atoms with Gasteiger partial charge >= 0.3 is 5.97 Å². The summed E-state index contributed by atoms with van der Waals surface area (Å²) < 4.78 is 40.0. The minimum Gasteiger partial charge on any atom is -0.465 e. The number of hydrogen-bond donors (Lipinski definition) is 1. The molecule has 0 aliphatic rings. The van der Waals surface area contributed by atoms with Gasteiger partial charge in [-0.3, -0.25) is 0 Å². The zero-order chi connectivity index (χ0) is 12.5. The average molecular weight is 247 g/mol. The molecule has 0 fully saturated rings. The van der Waals surface area contributed by atoms with Crippen LogP contribution in [0.4, 0.5) is 4.39 Å². The van der Waals surface area contributed by atoms with Crippen molar-refractivity contribution >= 4 is 16.0 Å². The Morgan fingerprint density at radius 3 is 2.44 bits per heavy atom. The first-order chi connectivity index (χ1) is 7.29. The van der Waals surface area contributed by atoms with Gasteiger partial charge in [0.25, 0.3) is 0 Å². The molecule has 16 heavy (non-hydrogen) atoms. The number of nitrogens with two attached hydrogens (primary N) is 1. The quantitative estimate of drug-likeness (QED) is 0.774. The summed E-state index contributed by atoms with van der Waals surface area (Å²) in [6.45, 7) is 1.27. The second-order valence-corrected chi connectivity index (χ2v) is 4.61. The van der Waals surface area contributed by atoms with Crippen LogP contribution in [-0.4, -0.2) is 21.5 Å². The third kappa shape index (κ3) is 2.20. The van der Waals surface area contributed by atoms with E-state index >= 15 is 0 Å². The summed E-state index contributed by atoms with van der Waals surface area (Å²) in [5.41, 5.74) is -0.483. The molecule has 0 radical (unpaired) electrons. The molecule has 0 aliphatic heterocycles. The Labute approximate surface area is 92.1 Å². The number of rotatable bonds is 2. The molecule has 2 N–H and O–H groups in total. The SMILES string of the molecule is COC(=O)c1c(S(N)(=O)=O)ccc(F)c1C. The smallest absolute Gasteiger partial charge is 0.339 e. The maximum Gasteiger partial charge on any atom is 0.339 e. The largest absolute Gasteiger partial charge is 0.465 e. The van der Waals surface area contributed by atoms with Gasteiger partial charge in [0.1, 0.15) is 5.82 Å². The predicted octanol–water partition coefficient (Wildman–Crippen LogP) is 0.568. The Morgan fingerprint density at radius 2 is 2.00 bits per heavy atom. The normalized spacial score (nSPS) is 11.2. The molecule has 0 saturated carbocycles. The first-order valence-corrected chi connectivity index (χ1v) is 5.74. The first kappa shape index (κ1) is 12.6. The van der Waals surface area contributed by atoms with E-state index in [1.165, 1.54) is 6.92 Å². The molecule has 0 amide bonds. The molecule has 1 aromatic rings. The molecule has 7 heteroatoms. The van der Waals surface area contributed by atoms with Crippen molar-refractivity contribution in [3.8, 4) is 0 Å². The summed E-state index contributed by atoms with van der Waals surface area (Å²) in [6.07, 6.45) is 0. The fraction of sp³-hybridized carbons (Fsp3) is 0.222. The van der Waals surface area contributed by atoms with Crippen LogP contribution >= 0.6 is 0 Å². The molecular weight excluding hydrogens is 237 g/mol. The van der Waals surface area contributed by atoms with Crippen molar-refractivity contribution in [3.05, 3.63) is 29.1 Å². The van der Waals surface area contributed by atoms with E-state index in [-0.39, 0.29) is 11.1 Å². The van der Waals surface area contributed by atoms with Crippen LogP contribution in [-0.2, 0) is 14.8 Å². The number of sulfonamides is 1. The molecule has 1 aromatic carbocycles. The molecule has 0 heterocycles. The van der Waals surface area contributed by atoms with Gasteiger partial charge in [0, 0.05) is 5.56 Å². The third-order valence-corrected chi connectivity index (χ3v) is 3.01. The van der Waals surface area contributed by atoms with E-state index in [0.717, 1.165) is 19.2 Å². The van der Waals surface area contributed by atoms with Crippen LogP contribution in [0.3, 0.4) is 0 Å². The van der Waals surface area contributed by atoms with Crippen LogP contribution in [0.25, 0.3) is 0 Å². The highest BCUT2D eigenvalue weighted by atomic mass is 32.2. The van der Waals surface area contributed by atoms with Gasteiger partial charge in [-0.05, 0) is 19.1 Å². The molecule has 5 nitrogen and oxygen atoms in total. The summed E-state index contributed by atoms with van der Waals surface area (Å²) >= 11 is 0. The van der Waals surface area contributed by atoms with Gasteiger partial charge in [-0.25, -0.2) is 22.7 Å². The number of ether oxygens (including phenoxy) is 1. The van der Waals surface area contributed by atoms with Crippen LogP contribution in [0.15, 0.2) is 17.0 Å². The summed E-state index contributed by atoms with van der Waals surface area (Å²) in [5.74, 6) is -1.64. The summed E-state index contributed by atoms with van der Waals surface area (Å²) in [5, 5.41) is 4.91. The van der Waals surface area contributed by atoms with Crippen LogP contribution in [0.5, 0.6) is 0 Å². The maximum atomic E-state index is 13.2. The predicted molar refractivity (Wildman–Crippen MR) is 53.8 cm³/mol. The topological polar surface area (TPSA) is 86.5 Å². The second kappa shape index (κ2) is 4.18. The molecule has 88 valence electrons. The second-order valence-electron chi connectivity index (χ2n) is 3.08. The molecular formula is C9H10FNO4S. The lowest BCUT2D eigenvalue weighted by molar-refractivity contribution is 0.0594. The number of benzene rings is 1. The monoisotopic (exact) mass is 247 g/mol. The van der Waals surface area contributed by atoms with E-state index < -0.39 is 26.7 Å². The lowest BCUT2D eigenvalue weighted by Crippen LogP contribution is -2.19. The van der Waals surface area contributed by atoms with Crippen molar-refractivity contribution in [1.29, 1.82) is 0 Å². The van der Waals surface area contributed by atoms with E-state index in [9.17, 15) is 17.6 Å². The van der Waals surface area contributed by atoms with Gasteiger partial charge in [0.15, 0.2) is 0 Å². The van der Waals surface area contributed by atoms with E-state index in [0.29, 0.717) is 0 Å². The average Bonchev–Trinajstić information content (AvgIpc) is 2.19. The third-order valence-electron chi connectivity index (χ3n) is 2.06. The number of primary sulfonamides is 1. The van der Waals surface area contributed by atoms with Crippen molar-refractivity contribution in [2.24, 2.45) is 5.14 Å². The Kier molecular flexibility index (Phi) is 3.30. The van der Waals surface area contributed by atoms with Gasteiger partial charge in [-0.1, -0.05) is 0 Å². The highest BCUT2D eigenvalue weighted by Crippen LogP contribution is 2.21. The van der Waals surface area contributed by atoms with Crippen LogP contribution in [0.2, 0.25) is 0 Å². The highest BCUT2D eigenvalue weighted by Gasteiger charge is 2.23. The van der Waals surface area contributed by atoms with Crippen molar-refractivity contribution in [1.82, 2.24) is 0 Å². The Bertz CT molecular complexity index is 539. The Balaban J connectivity index is 3.65. The first-order valence-electron chi connectivity index (χ1n) is 4.19. The van der Waals surface area contributed by atoms with Crippen molar-refractivity contribution in [3.63, 3.8) is 0 Å². The maximum absolute atomic E-state index is 13.2. The molecule has 0 saturated heterocycles. The Hall–Kier alpha value is -1.47. The summed E-state index contributed by atoms with van der Waals surface area (Å²) in [6, 6.07) is 1.87. The number of hydrogen-bond acceptors (Lipinski definition) is 4. The van der Waals surface area contributed by atoms with Crippen LogP contribution < -0.4 is 5.14 Å². The lowest BCUT2D eigenvalue weighted by atomic mass is 10.1. The van der Waals surface area contributed by atoms with Gasteiger partial charge in [0.05, 0.1) is 17.6 Å². The van der Waals surface area contributed by atoms with Crippen molar-refractivity contribution in [2.75, 3.05) is 7.11 Å². The lowest BCUT2D eigenvalue weighted by Gasteiger charge is -2.09. The number of halogens is 1. The number of carbonyl (C=O) groups is 1. The van der Waals surface area contributed by atoms with Gasteiger partial charge < -0.3 is 4.74 Å². The fourth-order valence-electron chi connectivity index (χ4n) is 1.25. The zero-order valence-electron chi connectivity index (χ0n) is 8.65. The molecule has 0 aliphatic carbocycles. The molecule has 0 spiro atoms. The number of methoxy groups -OCH3 is 1. The minimum absolute atomic E-state index is 0.113. The van der Waals surface area contributed by atoms with Gasteiger partial charge in [-0.15, -0.1) is 0 Å². The zero-order valence-corrected chi connectivity index (χ0v) is 9.47. The van der Waals surface area contributed by atoms with Gasteiger partial charge in [-0.2, -0.15) is 0 Å². The van der Waals surface area contributed by atoms with Crippen LogP contribution in [0, 0.1) is 12.7 Å². The molecule has 0 atom stereocenters. The van der Waals surface area contributed by atoms with Crippen molar-refractivity contribution < 1.29 is 22.3 Å². The molecule has 0 bridgehead atoms. The van der Waals surface area contributed by atoms with E-state index in [1.54, 1.807) is 0 Å². The van der Waals surface area contributed by atoms with Crippen molar-refractivity contribution in [2.45, 2.75) is 11.8 Å². The Morgan fingerprint density at radius 1 is 1.44 bits per heavy atom. The molecule has 0 aromatic heterocycles. The summed E-state index contributed by atoms with van der Waals surface area (Å²) in [4.78, 5) is 10.9. The number of esters is 1. The minimum atomic E-state index is -4.10. The van der Waals surface area contributed by atoms with E-state index in [2.05, 4.69) is 4.74 Å². The standard InChI is InChI=1S/C9H10FNO4S/c1-5-6(10)3-4-7(16(11,13)14)8(5)9(12)15-2/h3-4H,1-2H3,(H2,11,13,14). The molecule has 0 unspecified atom stereocenters. The highest BCUT2D eigenvalue weighted by molar-refractivity contribution is 7.89. The van der Waals surface area contributed by atoms with E-state index in [4.69, 9.17) is 5.14 Å². The number of carbonyl (C=O) groups excluding carboxylic acids is 1. The van der Waals surface area contributed by atoms with E-state index in [1.807, 2.05) is 0 Å². The van der Waals surface area contributed by atoms with Gasteiger partial charge in [0.2, 0.25) is 10.0 Å². The fourth-order valence-corrected chi connectivity index (χ4v) is 2.03. The van der Waals surface area contributed by atoms with Crippen LogP contribution in [0.1, 0.15) is 15.9 Å².